The van der Waals surface area contributed by atoms with E-state index in [1.165, 1.54) is 0 Å². The molecule has 0 saturated heterocycles. The van der Waals surface area contributed by atoms with Crippen LogP contribution in [0.25, 0.3) is 0 Å². The summed E-state index contributed by atoms with van der Waals surface area (Å²) in [7, 11) is 3.66. The summed E-state index contributed by atoms with van der Waals surface area (Å²) in [6.07, 6.45) is 0.781. The number of hydrogen-bond donors (Lipinski definition) is 2. The summed E-state index contributed by atoms with van der Waals surface area (Å²) in [6, 6.07) is 7.67. The molecule has 1 heterocycles. The van der Waals surface area contributed by atoms with Crippen LogP contribution in [0.2, 0.25) is 0 Å². The highest BCUT2D eigenvalue weighted by molar-refractivity contribution is 7.09. The molecule has 6 nitrogen and oxygen atoms in total. The van der Waals surface area contributed by atoms with Crippen molar-refractivity contribution in [1.82, 2.24) is 20.5 Å². The second kappa shape index (κ2) is 9.91. The second-order valence-electron chi connectivity index (χ2n) is 5.98. The molecule has 0 unspecified atom stereocenters. The molecule has 26 heavy (non-hydrogen) atoms. The van der Waals surface area contributed by atoms with Crippen LogP contribution in [-0.4, -0.2) is 48.9 Å². The quantitative estimate of drug-likeness (QED) is 0.578. The van der Waals surface area contributed by atoms with Crippen molar-refractivity contribution in [2.75, 3.05) is 27.2 Å². The lowest BCUT2D eigenvalue weighted by atomic mass is 10.1. The molecule has 2 N–H and O–H groups in total. The Hall–Kier alpha value is -2.41. The lowest BCUT2D eigenvalue weighted by Crippen LogP contribution is -2.38. The molecule has 0 aliphatic heterocycles. The maximum atomic E-state index is 11.7. The molecule has 7 heteroatoms. The SMILES string of the molecule is CCNC(=NCCc1cccc(C(=O)NC)c1)N(C)Cc1csc(C)n1. The Morgan fingerprint density at radius 2 is 2.19 bits per heavy atom. The van der Waals surface area contributed by atoms with E-state index in [0.717, 1.165) is 41.7 Å². The van der Waals surface area contributed by atoms with Crippen molar-refractivity contribution in [3.05, 3.63) is 51.5 Å². The fourth-order valence-corrected chi connectivity index (χ4v) is 3.18. The number of nitrogens with one attached hydrogen (secondary N) is 2. The number of nitrogens with zero attached hydrogens (tertiary/aromatic N) is 3. The van der Waals surface area contributed by atoms with Gasteiger partial charge in [-0.2, -0.15) is 0 Å². The van der Waals surface area contributed by atoms with Gasteiger partial charge >= 0.3 is 0 Å². The van der Waals surface area contributed by atoms with Gasteiger partial charge in [-0.25, -0.2) is 4.98 Å². The number of carbonyl (C=O) groups is 1. The molecular weight excluding hydrogens is 346 g/mol. The van der Waals surface area contributed by atoms with Gasteiger partial charge in [-0.15, -0.1) is 11.3 Å². The van der Waals surface area contributed by atoms with E-state index in [9.17, 15) is 4.79 Å². The van der Waals surface area contributed by atoms with Crippen molar-refractivity contribution >= 4 is 23.2 Å². The standard InChI is InChI=1S/C19H27N5OS/c1-5-21-19(24(4)12-17-13-26-14(2)23-17)22-10-9-15-7-6-8-16(11-15)18(25)20-3/h6-8,11,13H,5,9-10,12H2,1-4H3,(H,20,25)(H,21,22). The van der Waals surface area contributed by atoms with Crippen LogP contribution in [0.5, 0.6) is 0 Å². The highest BCUT2D eigenvalue weighted by Crippen LogP contribution is 2.10. The summed E-state index contributed by atoms with van der Waals surface area (Å²) in [4.78, 5) is 23.0. The maximum Gasteiger partial charge on any atom is 0.251 e. The molecule has 0 aliphatic carbocycles. The highest BCUT2D eigenvalue weighted by Gasteiger charge is 2.09. The predicted octanol–water partition coefficient (Wildman–Crippen LogP) is 2.45. The summed E-state index contributed by atoms with van der Waals surface area (Å²) >= 11 is 1.66. The third-order valence-corrected chi connectivity index (χ3v) is 4.66. The zero-order chi connectivity index (χ0) is 18.9. The van der Waals surface area contributed by atoms with Crippen LogP contribution in [0.3, 0.4) is 0 Å². The Bertz CT molecular complexity index is 756. The van der Waals surface area contributed by atoms with E-state index in [-0.39, 0.29) is 5.91 Å². The zero-order valence-electron chi connectivity index (χ0n) is 15.9. The molecule has 1 amide bonds. The maximum absolute atomic E-state index is 11.7. The Kier molecular flexibility index (Phi) is 7.59. The Labute approximate surface area is 159 Å². The number of carbonyl (C=O) groups excluding carboxylic acids is 1. The van der Waals surface area contributed by atoms with Crippen molar-refractivity contribution in [3.8, 4) is 0 Å². The summed E-state index contributed by atoms with van der Waals surface area (Å²) < 4.78 is 0. The van der Waals surface area contributed by atoms with Gasteiger partial charge in [-0.1, -0.05) is 12.1 Å². The van der Waals surface area contributed by atoms with Crippen LogP contribution >= 0.6 is 11.3 Å². The van der Waals surface area contributed by atoms with Gasteiger partial charge in [0, 0.05) is 38.1 Å². The van der Waals surface area contributed by atoms with Crippen molar-refractivity contribution in [2.24, 2.45) is 4.99 Å². The molecule has 2 aromatic rings. The number of aliphatic imine (C=N–C) groups is 1. The predicted molar refractivity (Wildman–Crippen MR) is 108 cm³/mol. The van der Waals surface area contributed by atoms with E-state index in [1.807, 2.05) is 38.2 Å². The first-order valence-corrected chi connectivity index (χ1v) is 9.63. The van der Waals surface area contributed by atoms with Gasteiger partial charge in [0.2, 0.25) is 0 Å². The third kappa shape index (κ3) is 5.84. The van der Waals surface area contributed by atoms with Crippen LogP contribution in [0.15, 0.2) is 34.6 Å². The largest absolute Gasteiger partial charge is 0.357 e. The van der Waals surface area contributed by atoms with E-state index < -0.39 is 0 Å². The first-order valence-electron chi connectivity index (χ1n) is 8.75. The number of guanidine groups is 1. The van der Waals surface area contributed by atoms with Crippen molar-refractivity contribution in [2.45, 2.75) is 26.8 Å². The van der Waals surface area contributed by atoms with Crippen molar-refractivity contribution in [3.63, 3.8) is 0 Å². The number of hydrogen-bond acceptors (Lipinski definition) is 4. The number of thiazole rings is 1. The molecule has 0 spiro atoms. The molecule has 0 bridgehead atoms. The number of benzene rings is 1. The topological polar surface area (TPSA) is 69.6 Å². The van der Waals surface area contributed by atoms with Crippen LogP contribution in [-0.2, 0) is 13.0 Å². The van der Waals surface area contributed by atoms with E-state index in [2.05, 4.69) is 32.8 Å². The van der Waals surface area contributed by atoms with E-state index in [4.69, 9.17) is 4.99 Å². The molecule has 0 fully saturated rings. The molecule has 140 valence electrons. The molecule has 0 aliphatic rings. The lowest BCUT2D eigenvalue weighted by Gasteiger charge is -2.21. The first kappa shape index (κ1) is 19.9. The normalized spacial score (nSPS) is 11.3. The van der Waals surface area contributed by atoms with Crippen LogP contribution in [0, 0.1) is 6.92 Å². The molecule has 0 radical (unpaired) electrons. The lowest BCUT2D eigenvalue weighted by molar-refractivity contribution is 0.0963. The van der Waals surface area contributed by atoms with Gasteiger partial charge < -0.3 is 15.5 Å². The van der Waals surface area contributed by atoms with E-state index in [0.29, 0.717) is 12.1 Å². The number of rotatable bonds is 7. The fourth-order valence-electron chi connectivity index (χ4n) is 2.57. The Morgan fingerprint density at radius 1 is 1.38 bits per heavy atom. The van der Waals surface area contributed by atoms with Gasteiger partial charge in [-0.05, 0) is 38.0 Å². The monoisotopic (exact) mass is 373 g/mol. The molecule has 1 aromatic heterocycles. The Balaban J connectivity index is 1.99. The minimum Gasteiger partial charge on any atom is -0.357 e. The smallest absolute Gasteiger partial charge is 0.251 e. The average molecular weight is 374 g/mol. The summed E-state index contributed by atoms with van der Waals surface area (Å²) in [5, 5.41) is 9.13. The van der Waals surface area contributed by atoms with Gasteiger partial charge in [0.05, 0.1) is 17.2 Å². The third-order valence-electron chi connectivity index (χ3n) is 3.84. The van der Waals surface area contributed by atoms with Gasteiger partial charge in [0.15, 0.2) is 5.96 Å². The highest BCUT2D eigenvalue weighted by atomic mass is 32.1. The first-order chi connectivity index (χ1) is 12.5. The number of aromatic nitrogens is 1. The minimum atomic E-state index is -0.0676. The van der Waals surface area contributed by atoms with Crippen LogP contribution < -0.4 is 10.6 Å². The van der Waals surface area contributed by atoms with Crippen molar-refractivity contribution in [1.29, 1.82) is 0 Å². The van der Waals surface area contributed by atoms with Crippen LogP contribution in [0.1, 0.15) is 33.5 Å². The molecule has 1 aromatic carbocycles. The summed E-state index contributed by atoms with van der Waals surface area (Å²) in [6.45, 7) is 6.26. The second-order valence-corrected chi connectivity index (χ2v) is 7.04. The molecular formula is C19H27N5OS. The molecule has 0 saturated carbocycles. The van der Waals surface area contributed by atoms with E-state index >= 15 is 0 Å². The van der Waals surface area contributed by atoms with Crippen molar-refractivity contribution < 1.29 is 4.79 Å². The van der Waals surface area contributed by atoms with Crippen LogP contribution in [0.4, 0.5) is 0 Å². The summed E-state index contributed by atoms with van der Waals surface area (Å²) in [5.41, 5.74) is 2.83. The number of aryl methyl sites for hydroxylation is 1. The summed E-state index contributed by atoms with van der Waals surface area (Å²) in [5.74, 6) is 0.794. The zero-order valence-corrected chi connectivity index (χ0v) is 16.7. The molecule has 2 rings (SSSR count). The molecule has 0 atom stereocenters. The average Bonchev–Trinajstić information content (AvgIpc) is 3.05. The van der Waals surface area contributed by atoms with E-state index in [1.54, 1.807) is 18.4 Å². The van der Waals surface area contributed by atoms with Gasteiger partial charge in [0.1, 0.15) is 0 Å². The number of amides is 1. The Morgan fingerprint density at radius 3 is 2.85 bits per heavy atom. The van der Waals surface area contributed by atoms with Gasteiger partial charge in [-0.3, -0.25) is 9.79 Å². The minimum absolute atomic E-state index is 0.0676. The van der Waals surface area contributed by atoms with Gasteiger partial charge in [0.25, 0.3) is 5.91 Å². The fraction of sp³-hybridized carbons (Fsp3) is 0.421.